The van der Waals surface area contributed by atoms with E-state index in [0.29, 0.717) is 11.0 Å². The van der Waals surface area contributed by atoms with E-state index in [0.717, 1.165) is 27.9 Å². The molecule has 0 bridgehead atoms. The van der Waals surface area contributed by atoms with Crippen molar-refractivity contribution in [3.63, 3.8) is 0 Å². The lowest BCUT2D eigenvalue weighted by Crippen LogP contribution is -2.19. The Morgan fingerprint density at radius 3 is 2.43 bits per heavy atom. The van der Waals surface area contributed by atoms with E-state index in [2.05, 4.69) is 20.7 Å². The maximum atomic E-state index is 12.4. The van der Waals surface area contributed by atoms with Crippen molar-refractivity contribution in [2.75, 3.05) is 5.32 Å². The van der Waals surface area contributed by atoms with Crippen molar-refractivity contribution in [3.8, 4) is 5.75 Å². The summed E-state index contributed by atoms with van der Waals surface area (Å²) in [6, 6.07) is 22.1. The van der Waals surface area contributed by atoms with Gasteiger partial charge < -0.3 is 10.1 Å². The molecular formula is C23H16ClF2N3O. The summed E-state index contributed by atoms with van der Waals surface area (Å²) in [6.07, 6.45) is 2.09. The van der Waals surface area contributed by atoms with Crippen molar-refractivity contribution in [2.24, 2.45) is 0 Å². The van der Waals surface area contributed by atoms with Crippen LogP contribution in [0, 0.1) is 0 Å². The molecule has 1 aromatic heterocycles. The molecule has 4 nitrogen and oxygen atoms in total. The standard InChI is InChI=1S/C23H16ClF2N3O/c24-16-9-5-15(6-10-16)21-13-19(14-7-11-17(12-8-14)30-22(25)26)28-23-27-18-3-1-2-4-20(18)29(21)23/h1-13,21-22H,(H,27,28). The lowest BCUT2D eigenvalue weighted by atomic mass is 10.0. The number of imidazole rings is 1. The van der Waals surface area contributed by atoms with E-state index in [1.807, 2.05) is 48.5 Å². The second-order valence-corrected chi connectivity index (χ2v) is 7.34. The van der Waals surface area contributed by atoms with E-state index in [4.69, 9.17) is 16.6 Å². The number of ether oxygens (including phenoxy) is 1. The number of anilines is 1. The number of allylic oxidation sites excluding steroid dienone is 1. The van der Waals surface area contributed by atoms with Crippen LogP contribution in [0.1, 0.15) is 17.2 Å². The van der Waals surface area contributed by atoms with Gasteiger partial charge in [-0.15, -0.1) is 0 Å². The monoisotopic (exact) mass is 423 g/mol. The first-order chi connectivity index (χ1) is 14.6. The molecule has 0 spiro atoms. The molecule has 0 radical (unpaired) electrons. The minimum Gasteiger partial charge on any atom is -0.435 e. The number of alkyl halides is 2. The fourth-order valence-corrected chi connectivity index (χ4v) is 3.82. The van der Waals surface area contributed by atoms with E-state index >= 15 is 0 Å². The van der Waals surface area contributed by atoms with Gasteiger partial charge in [-0.3, -0.25) is 4.57 Å². The number of rotatable bonds is 4. The number of hydrogen-bond donors (Lipinski definition) is 1. The zero-order valence-corrected chi connectivity index (χ0v) is 16.4. The SMILES string of the molecule is FC(F)Oc1ccc(C2=CC(c3ccc(Cl)cc3)n3c(nc4ccccc43)N2)cc1. The van der Waals surface area contributed by atoms with E-state index in [9.17, 15) is 8.78 Å². The smallest absolute Gasteiger partial charge is 0.387 e. The normalized spacial score (nSPS) is 15.6. The van der Waals surface area contributed by atoms with Crippen LogP contribution in [0.4, 0.5) is 14.7 Å². The molecule has 7 heteroatoms. The van der Waals surface area contributed by atoms with Gasteiger partial charge in [-0.05, 0) is 65.7 Å². The molecule has 0 fully saturated rings. The maximum Gasteiger partial charge on any atom is 0.387 e. The highest BCUT2D eigenvalue weighted by Crippen LogP contribution is 2.37. The van der Waals surface area contributed by atoms with Crippen molar-refractivity contribution in [3.05, 3.63) is 95.0 Å². The third kappa shape index (κ3) is 3.39. The summed E-state index contributed by atoms with van der Waals surface area (Å²) < 4.78 is 31.5. The van der Waals surface area contributed by atoms with Crippen LogP contribution in [-0.4, -0.2) is 16.2 Å². The summed E-state index contributed by atoms with van der Waals surface area (Å²) in [7, 11) is 0. The first-order valence-electron chi connectivity index (χ1n) is 9.35. The third-order valence-corrected chi connectivity index (χ3v) is 5.30. The number of nitrogens with one attached hydrogen (secondary N) is 1. The van der Waals surface area contributed by atoms with Crippen molar-refractivity contribution in [1.29, 1.82) is 0 Å². The Labute approximate surface area is 176 Å². The average Bonchev–Trinajstić information content (AvgIpc) is 3.12. The molecule has 1 atom stereocenters. The van der Waals surface area contributed by atoms with Crippen LogP contribution < -0.4 is 10.1 Å². The van der Waals surface area contributed by atoms with Gasteiger partial charge in [-0.2, -0.15) is 8.78 Å². The topological polar surface area (TPSA) is 39.1 Å². The predicted octanol–water partition coefficient (Wildman–Crippen LogP) is 6.35. The molecule has 2 heterocycles. The van der Waals surface area contributed by atoms with Gasteiger partial charge >= 0.3 is 6.61 Å². The third-order valence-electron chi connectivity index (χ3n) is 5.05. The lowest BCUT2D eigenvalue weighted by Gasteiger charge is -2.26. The molecule has 1 aliphatic rings. The van der Waals surface area contributed by atoms with Gasteiger partial charge in [-0.25, -0.2) is 4.98 Å². The van der Waals surface area contributed by atoms with Crippen molar-refractivity contribution in [1.82, 2.24) is 9.55 Å². The van der Waals surface area contributed by atoms with E-state index in [1.165, 1.54) is 12.1 Å². The molecule has 4 aromatic rings. The highest BCUT2D eigenvalue weighted by Gasteiger charge is 2.25. The number of halogens is 3. The molecule has 30 heavy (non-hydrogen) atoms. The van der Waals surface area contributed by atoms with Crippen LogP contribution in [0.15, 0.2) is 78.9 Å². The first kappa shape index (κ1) is 18.6. The van der Waals surface area contributed by atoms with Crippen molar-refractivity contribution in [2.45, 2.75) is 12.7 Å². The molecular weight excluding hydrogens is 408 g/mol. The van der Waals surface area contributed by atoms with Crippen LogP contribution in [0.5, 0.6) is 5.75 Å². The Bertz CT molecular complexity index is 1230. The zero-order valence-electron chi connectivity index (χ0n) is 15.6. The fraction of sp³-hybridized carbons (Fsp3) is 0.0870. The number of nitrogens with zero attached hydrogens (tertiary/aromatic N) is 2. The van der Waals surface area contributed by atoms with Crippen LogP contribution in [0.25, 0.3) is 16.7 Å². The van der Waals surface area contributed by atoms with Gasteiger partial charge in [0.15, 0.2) is 0 Å². The number of para-hydroxylation sites is 2. The van der Waals surface area contributed by atoms with E-state index < -0.39 is 6.61 Å². The Hall–Kier alpha value is -3.38. The Kier molecular flexibility index (Phi) is 4.64. The molecule has 0 saturated heterocycles. The molecule has 1 N–H and O–H groups in total. The molecule has 5 rings (SSSR count). The number of aromatic nitrogens is 2. The highest BCUT2D eigenvalue weighted by molar-refractivity contribution is 6.30. The quantitative estimate of drug-likeness (QED) is 0.416. The average molecular weight is 424 g/mol. The molecule has 1 unspecified atom stereocenters. The summed E-state index contributed by atoms with van der Waals surface area (Å²) >= 11 is 6.09. The number of fused-ring (bicyclic) bond motifs is 3. The van der Waals surface area contributed by atoms with Crippen LogP contribution in [0.2, 0.25) is 5.02 Å². The minimum absolute atomic E-state index is 0.113. The summed E-state index contributed by atoms with van der Waals surface area (Å²) in [5, 5.41) is 4.04. The van der Waals surface area contributed by atoms with E-state index in [-0.39, 0.29) is 11.8 Å². The van der Waals surface area contributed by atoms with Gasteiger partial charge in [-0.1, -0.05) is 35.9 Å². The maximum absolute atomic E-state index is 12.4. The molecule has 150 valence electrons. The van der Waals surface area contributed by atoms with Crippen molar-refractivity contribution >= 4 is 34.3 Å². The van der Waals surface area contributed by atoms with Gasteiger partial charge in [0.05, 0.1) is 17.1 Å². The molecule has 0 aliphatic carbocycles. The van der Waals surface area contributed by atoms with Crippen molar-refractivity contribution < 1.29 is 13.5 Å². The fourth-order valence-electron chi connectivity index (χ4n) is 3.70. The summed E-state index contributed by atoms with van der Waals surface area (Å²) in [5.74, 6) is 0.827. The number of hydrogen-bond acceptors (Lipinski definition) is 3. The van der Waals surface area contributed by atoms with Crippen LogP contribution in [0.3, 0.4) is 0 Å². The second kappa shape index (κ2) is 7.46. The Morgan fingerprint density at radius 1 is 0.967 bits per heavy atom. The predicted molar refractivity (Wildman–Crippen MR) is 114 cm³/mol. The number of benzene rings is 3. The van der Waals surface area contributed by atoms with Crippen LogP contribution >= 0.6 is 11.6 Å². The summed E-state index contributed by atoms with van der Waals surface area (Å²) in [6.45, 7) is -2.85. The second-order valence-electron chi connectivity index (χ2n) is 6.90. The Balaban J connectivity index is 1.60. The lowest BCUT2D eigenvalue weighted by molar-refractivity contribution is -0.0498. The van der Waals surface area contributed by atoms with E-state index in [1.54, 1.807) is 12.1 Å². The van der Waals surface area contributed by atoms with Gasteiger partial charge in [0.2, 0.25) is 5.95 Å². The molecule has 0 saturated carbocycles. The Morgan fingerprint density at radius 2 is 1.70 bits per heavy atom. The minimum atomic E-state index is -2.85. The highest BCUT2D eigenvalue weighted by atomic mass is 35.5. The van der Waals surface area contributed by atoms with Crippen LogP contribution in [-0.2, 0) is 0 Å². The summed E-state index contributed by atoms with van der Waals surface area (Å²) in [4.78, 5) is 4.74. The largest absolute Gasteiger partial charge is 0.435 e. The van der Waals surface area contributed by atoms with Gasteiger partial charge in [0, 0.05) is 10.7 Å². The molecule has 1 aliphatic heterocycles. The van der Waals surface area contributed by atoms with Gasteiger partial charge in [0.1, 0.15) is 5.75 Å². The summed E-state index contributed by atoms with van der Waals surface area (Å²) in [5.41, 5.74) is 4.63. The zero-order chi connectivity index (χ0) is 20.7. The first-order valence-corrected chi connectivity index (χ1v) is 9.73. The molecule has 3 aromatic carbocycles. The molecule has 0 amide bonds. The van der Waals surface area contributed by atoms with Gasteiger partial charge in [0.25, 0.3) is 0 Å².